The number of nitrogens with zero attached hydrogens (tertiary/aromatic N) is 5. The van der Waals surface area contributed by atoms with Crippen LogP contribution >= 0.6 is 0 Å². The highest BCUT2D eigenvalue weighted by molar-refractivity contribution is 7.70. The number of nitrogens with one attached hydrogen (secondary N) is 1. The van der Waals surface area contributed by atoms with Crippen molar-refractivity contribution in [3.05, 3.63) is 47.8 Å². The van der Waals surface area contributed by atoms with Crippen LogP contribution in [0.5, 0.6) is 17.4 Å². The molecule has 1 aromatic carbocycles. The summed E-state index contributed by atoms with van der Waals surface area (Å²) in [7, 11) is -0.0344. The SMILES string of the molecule is CCOc1cccc(-c2nc3nc(COC(F)F)c(CN[SH](=O)=O)nc3n2-c2c(OC)cccc2OC)n1. The van der Waals surface area contributed by atoms with Gasteiger partial charge in [0.25, 0.3) is 0 Å². The van der Waals surface area contributed by atoms with Gasteiger partial charge in [0.15, 0.2) is 17.1 Å². The molecule has 0 aliphatic carbocycles. The van der Waals surface area contributed by atoms with E-state index in [-0.39, 0.29) is 35.1 Å². The Labute approximate surface area is 217 Å². The van der Waals surface area contributed by atoms with E-state index >= 15 is 0 Å². The summed E-state index contributed by atoms with van der Waals surface area (Å²) in [5, 5.41) is 0. The molecule has 0 bridgehead atoms. The second-order valence-electron chi connectivity index (χ2n) is 7.50. The topological polar surface area (TPSA) is 140 Å². The molecule has 3 heterocycles. The number of fused-ring (bicyclic) bond motifs is 1. The molecule has 0 unspecified atom stereocenters. The van der Waals surface area contributed by atoms with Crippen molar-refractivity contribution in [2.45, 2.75) is 26.7 Å². The van der Waals surface area contributed by atoms with Crippen LogP contribution in [0.4, 0.5) is 8.78 Å². The van der Waals surface area contributed by atoms with Gasteiger partial charge in [0.05, 0.1) is 45.4 Å². The standard InChI is InChI=1S/C23H24F2N6O6S/c1-4-36-18-10-5-7-13(27-18)21-30-20-22(31(21)19-16(34-2)8-6-9-17(19)35-3)29-14(11-26-38(32)33)15(28-20)12-37-23(24)25/h5-10,23,38H,4,11-12H2,1-3H3,(H,26,32,33). The van der Waals surface area contributed by atoms with E-state index in [1.165, 1.54) is 14.2 Å². The molecule has 0 radical (unpaired) electrons. The Morgan fingerprint density at radius 3 is 2.32 bits per heavy atom. The molecule has 0 saturated carbocycles. The van der Waals surface area contributed by atoms with E-state index in [2.05, 4.69) is 29.4 Å². The summed E-state index contributed by atoms with van der Waals surface area (Å²) in [6.45, 7) is -1.79. The zero-order valence-electron chi connectivity index (χ0n) is 20.6. The van der Waals surface area contributed by atoms with Gasteiger partial charge in [-0.1, -0.05) is 12.1 Å². The fourth-order valence-electron chi connectivity index (χ4n) is 3.70. The van der Waals surface area contributed by atoms with Crippen LogP contribution in [0.2, 0.25) is 0 Å². The molecular weight excluding hydrogens is 526 g/mol. The van der Waals surface area contributed by atoms with Crippen molar-refractivity contribution in [2.24, 2.45) is 0 Å². The molecule has 0 fully saturated rings. The summed E-state index contributed by atoms with van der Waals surface area (Å²) >= 11 is 0. The van der Waals surface area contributed by atoms with E-state index in [9.17, 15) is 17.2 Å². The average molecular weight is 551 g/mol. The Balaban J connectivity index is 2.05. The van der Waals surface area contributed by atoms with Crippen LogP contribution in [0.15, 0.2) is 36.4 Å². The molecule has 12 nitrogen and oxygen atoms in total. The van der Waals surface area contributed by atoms with Crippen LogP contribution in [-0.2, 0) is 28.8 Å². The molecular formula is C23H24F2N6O6S. The van der Waals surface area contributed by atoms with Crippen LogP contribution in [0.25, 0.3) is 28.5 Å². The molecule has 0 amide bonds. The number of hydrogen-bond donors (Lipinski definition) is 2. The number of thiol groups is 1. The summed E-state index contributed by atoms with van der Waals surface area (Å²) in [5.41, 5.74) is 1.09. The molecule has 38 heavy (non-hydrogen) atoms. The molecule has 3 aromatic heterocycles. The van der Waals surface area contributed by atoms with E-state index in [1.807, 2.05) is 6.92 Å². The Morgan fingerprint density at radius 1 is 0.974 bits per heavy atom. The van der Waals surface area contributed by atoms with Gasteiger partial charge in [-0.25, -0.2) is 33.1 Å². The Bertz CT molecular complexity index is 1480. The highest BCUT2D eigenvalue weighted by Gasteiger charge is 2.25. The van der Waals surface area contributed by atoms with E-state index in [4.69, 9.17) is 14.2 Å². The molecule has 202 valence electrons. The second kappa shape index (κ2) is 12.1. The number of aromatic nitrogens is 5. The fraction of sp³-hybridized carbons (Fsp3) is 0.304. The molecule has 0 aliphatic heterocycles. The first-order chi connectivity index (χ1) is 18.4. The minimum Gasteiger partial charge on any atom is -0.494 e. The van der Waals surface area contributed by atoms with Gasteiger partial charge in [0.2, 0.25) is 16.8 Å². The smallest absolute Gasteiger partial charge is 0.345 e. The first-order valence-corrected chi connectivity index (χ1v) is 12.4. The first kappa shape index (κ1) is 27.1. The summed E-state index contributed by atoms with van der Waals surface area (Å²) in [5.74, 6) is 1.43. The number of para-hydroxylation sites is 1. The highest BCUT2D eigenvalue weighted by atomic mass is 32.2. The van der Waals surface area contributed by atoms with E-state index in [0.29, 0.717) is 35.4 Å². The van der Waals surface area contributed by atoms with Crippen LogP contribution in [0.1, 0.15) is 18.3 Å². The zero-order valence-corrected chi connectivity index (χ0v) is 21.4. The summed E-state index contributed by atoms with van der Waals surface area (Å²) in [4.78, 5) is 18.1. The number of rotatable bonds is 12. The van der Waals surface area contributed by atoms with Gasteiger partial charge >= 0.3 is 6.61 Å². The third-order valence-corrected chi connectivity index (χ3v) is 5.66. The number of pyridine rings is 1. The predicted octanol–water partition coefficient (Wildman–Crippen LogP) is 2.65. The number of ether oxygens (including phenoxy) is 4. The van der Waals surface area contributed by atoms with Crippen molar-refractivity contribution in [2.75, 3.05) is 20.8 Å². The average Bonchev–Trinajstić information content (AvgIpc) is 3.27. The Morgan fingerprint density at radius 2 is 1.68 bits per heavy atom. The van der Waals surface area contributed by atoms with Crippen molar-refractivity contribution in [1.82, 2.24) is 29.2 Å². The zero-order chi connectivity index (χ0) is 27.2. The fourth-order valence-corrected chi connectivity index (χ4v) is 3.98. The van der Waals surface area contributed by atoms with Crippen LogP contribution in [0, 0.1) is 0 Å². The largest absolute Gasteiger partial charge is 0.494 e. The number of imidazole rings is 1. The molecule has 0 spiro atoms. The minimum absolute atomic E-state index is 0.0126. The van der Waals surface area contributed by atoms with Crippen LogP contribution in [0.3, 0.4) is 0 Å². The third kappa shape index (κ3) is 5.79. The summed E-state index contributed by atoms with van der Waals surface area (Å²) < 4.78 is 73.0. The van der Waals surface area contributed by atoms with E-state index < -0.39 is 24.1 Å². The van der Waals surface area contributed by atoms with Crippen LogP contribution in [-0.4, -0.2) is 60.4 Å². The molecule has 0 atom stereocenters. The summed E-state index contributed by atoms with van der Waals surface area (Å²) in [6.07, 6.45) is 0. The van der Waals surface area contributed by atoms with Gasteiger partial charge in [-0.2, -0.15) is 8.78 Å². The first-order valence-electron chi connectivity index (χ1n) is 11.2. The van der Waals surface area contributed by atoms with E-state index in [0.717, 1.165) is 0 Å². The lowest BCUT2D eigenvalue weighted by Crippen LogP contribution is -2.16. The maximum absolute atomic E-state index is 12.8. The molecule has 4 aromatic rings. The predicted molar refractivity (Wildman–Crippen MR) is 132 cm³/mol. The number of benzene rings is 1. The maximum atomic E-state index is 12.8. The van der Waals surface area contributed by atoms with Gasteiger partial charge in [-0.05, 0) is 25.1 Å². The third-order valence-electron chi connectivity index (χ3n) is 5.24. The van der Waals surface area contributed by atoms with Gasteiger partial charge in [-0.3, -0.25) is 4.57 Å². The number of hydrogen-bond acceptors (Lipinski definition) is 10. The summed E-state index contributed by atoms with van der Waals surface area (Å²) in [6, 6.07) is 10.3. The molecule has 1 N–H and O–H groups in total. The Kier molecular flexibility index (Phi) is 8.60. The maximum Gasteiger partial charge on any atom is 0.345 e. The lowest BCUT2D eigenvalue weighted by atomic mass is 10.2. The highest BCUT2D eigenvalue weighted by Crippen LogP contribution is 2.38. The lowest BCUT2D eigenvalue weighted by Gasteiger charge is -2.16. The molecule has 0 aliphatic rings. The molecule has 0 saturated heterocycles. The van der Waals surface area contributed by atoms with E-state index in [1.54, 1.807) is 41.0 Å². The lowest BCUT2D eigenvalue weighted by molar-refractivity contribution is -0.138. The van der Waals surface area contributed by atoms with Crippen molar-refractivity contribution < 1.29 is 36.1 Å². The van der Waals surface area contributed by atoms with Gasteiger partial charge in [0, 0.05) is 6.07 Å². The number of halogens is 2. The van der Waals surface area contributed by atoms with Gasteiger partial charge in [0.1, 0.15) is 22.9 Å². The van der Waals surface area contributed by atoms with Crippen molar-refractivity contribution >= 4 is 22.2 Å². The van der Waals surface area contributed by atoms with Gasteiger partial charge < -0.3 is 18.9 Å². The van der Waals surface area contributed by atoms with Crippen molar-refractivity contribution in [1.29, 1.82) is 0 Å². The molecule has 4 rings (SSSR count). The second-order valence-corrected chi connectivity index (χ2v) is 8.33. The van der Waals surface area contributed by atoms with Crippen molar-refractivity contribution in [3.8, 4) is 34.6 Å². The number of methoxy groups -OCH3 is 2. The molecule has 15 heteroatoms. The minimum atomic E-state index is -3.07. The monoisotopic (exact) mass is 550 g/mol. The number of alkyl halides is 2. The Hall–Kier alpha value is -3.95. The van der Waals surface area contributed by atoms with Crippen LogP contribution < -0.4 is 18.9 Å². The van der Waals surface area contributed by atoms with Gasteiger partial charge in [-0.15, -0.1) is 0 Å². The normalized spacial score (nSPS) is 11.4. The quantitative estimate of drug-likeness (QED) is 0.253. The van der Waals surface area contributed by atoms with Crippen molar-refractivity contribution in [3.63, 3.8) is 0 Å².